The third kappa shape index (κ3) is 2.82. The Morgan fingerprint density at radius 1 is 1.10 bits per heavy atom. The molecule has 3 aromatic rings. The molecule has 1 fully saturated rings. The predicted octanol–water partition coefficient (Wildman–Crippen LogP) is 2.53. The molecule has 1 saturated heterocycles. The lowest BCUT2D eigenvalue weighted by Crippen LogP contribution is -2.40. The van der Waals surface area contributed by atoms with Crippen molar-refractivity contribution in [3.05, 3.63) is 75.6 Å². The number of nitrogens with zero attached hydrogens (tertiary/aromatic N) is 1. The number of hydrogen-bond donors (Lipinski definition) is 0. The molecule has 1 amide bonds. The minimum absolute atomic E-state index is 0.0178. The van der Waals surface area contributed by atoms with Crippen molar-refractivity contribution in [2.45, 2.75) is 18.5 Å². The van der Waals surface area contributed by atoms with E-state index in [9.17, 15) is 18.0 Å². The second kappa shape index (κ2) is 6.70. The van der Waals surface area contributed by atoms with E-state index in [1.54, 1.807) is 48.5 Å². The summed E-state index contributed by atoms with van der Waals surface area (Å²) in [6, 6.07) is 12.6. The van der Waals surface area contributed by atoms with Gasteiger partial charge >= 0.3 is 0 Å². The average Bonchev–Trinajstić information content (AvgIpc) is 3.25. The van der Waals surface area contributed by atoms with E-state index in [-0.39, 0.29) is 28.3 Å². The zero-order valence-corrected chi connectivity index (χ0v) is 17.0. The van der Waals surface area contributed by atoms with Gasteiger partial charge in [0.1, 0.15) is 11.3 Å². The highest BCUT2D eigenvalue weighted by molar-refractivity contribution is 7.91. The van der Waals surface area contributed by atoms with E-state index < -0.39 is 27.8 Å². The van der Waals surface area contributed by atoms with Crippen LogP contribution in [-0.4, -0.2) is 43.9 Å². The summed E-state index contributed by atoms with van der Waals surface area (Å²) in [6.45, 7) is 0. The summed E-state index contributed by atoms with van der Waals surface area (Å²) in [5.41, 5.74) is 0.973. The fraction of sp³-hybridized carbons (Fsp3) is 0.273. The summed E-state index contributed by atoms with van der Waals surface area (Å²) in [6.07, 6.45) is 0.330. The molecule has 0 radical (unpaired) electrons. The predicted molar refractivity (Wildman–Crippen MR) is 111 cm³/mol. The van der Waals surface area contributed by atoms with E-state index in [1.807, 2.05) is 0 Å². The molecule has 0 unspecified atom stereocenters. The van der Waals surface area contributed by atoms with Crippen molar-refractivity contribution >= 4 is 26.7 Å². The third-order valence-corrected chi connectivity index (χ3v) is 7.57. The van der Waals surface area contributed by atoms with Gasteiger partial charge in [0.2, 0.25) is 5.76 Å². The van der Waals surface area contributed by atoms with Gasteiger partial charge in [-0.3, -0.25) is 9.59 Å². The number of para-hydroxylation sites is 1. The maximum absolute atomic E-state index is 13.4. The Labute approximate surface area is 172 Å². The Morgan fingerprint density at radius 3 is 2.63 bits per heavy atom. The number of methoxy groups -OCH3 is 1. The molecule has 154 valence electrons. The summed E-state index contributed by atoms with van der Waals surface area (Å²) >= 11 is 0. The van der Waals surface area contributed by atoms with Crippen molar-refractivity contribution in [1.29, 1.82) is 0 Å². The Kier molecular flexibility index (Phi) is 4.21. The van der Waals surface area contributed by atoms with Crippen LogP contribution >= 0.6 is 0 Å². The smallest absolute Gasteiger partial charge is 0.291 e. The highest BCUT2D eigenvalue weighted by Crippen LogP contribution is 2.42. The summed E-state index contributed by atoms with van der Waals surface area (Å²) in [4.78, 5) is 28.3. The van der Waals surface area contributed by atoms with E-state index in [0.29, 0.717) is 28.7 Å². The fourth-order valence-electron chi connectivity index (χ4n) is 4.45. The molecule has 0 spiro atoms. The molecule has 7 nitrogen and oxygen atoms in total. The molecule has 2 aliphatic rings. The molecule has 0 aliphatic carbocycles. The van der Waals surface area contributed by atoms with Gasteiger partial charge in [0, 0.05) is 6.04 Å². The van der Waals surface area contributed by atoms with Crippen molar-refractivity contribution < 1.29 is 22.4 Å². The first kappa shape index (κ1) is 18.9. The Morgan fingerprint density at radius 2 is 1.90 bits per heavy atom. The van der Waals surface area contributed by atoms with Gasteiger partial charge in [0.05, 0.1) is 35.6 Å². The van der Waals surface area contributed by atoms with Crippen molar-refractivity contribution in [3.63, 3.8) is 0 Å². The van der Waals surface area contributed by atoms with Gasteiger partial charge in [0.25, 0.3) is 5.91 Å². The number of carbonyl (C=O) groups excluding carboxylic acids is 1. The molecule has 5 rings (SSSR count). The lowest BCUT2D eigenvalue weighted by atomic mass is 9.97. The van der Waals surface area contributed by atoms with Gasteiger partial charge in [-0.15, -0.1) is 0 Å². The first-order valence-corrected chi connectivity index (χ1v) is 11.4. The zero-order chi connectivity index (χ0) is 21.0. The first-order chi connectivity index (χ1) is 14.4. The molecule has 3 heterocycles. The summed E-state index contributed by atoms with van der Waals surface area (Å²) in [5, 5.41) is 0.387. The quantitative estimate of drug-likeness (QED) is 0.640. The van der Waals surface area contributed by atoms with Gasteiger partial charge in [-0.05, 0) is 36.2 Å². The largest absolute Gasteiger partial charge is 0.497 e. The van der Waals surface area contributed by atoms with Crippen LogP contribution in [0, 0.1) is 0 Å². The maximum Gasteiger partial charge on any atom is 0.291 e. The van der Waals surface area contributed by atoms with Gasteiger partial charge in [-0.2, -0.15) is 0 Å². The number of amides is 1. The molecule has 0 bridgehead atoms. The normalized spacial score (nSPS) is 22.4. The maximum atomic E-state index is 13.4. The minimum Gasteiger partial charge on any atom is -0.497 e. The molecule has 0 N–H and O–H groups in total. The van der Waals surface area contributed by atoms with E-state index in [4.69, 9.17) is 9.15 Å². The van der Waals surface area contributed by atoms with Crippen LogP contribution in [0.15, 0.2) is 57.7 Å². The van der Waals surface area contributed by atoms with Crippen LogP contribution < -0.4 is 10.2 Å². The number of rotatable bonds is 3. The summed E-state index contributed by atoms with van der Waals surface area (Å²) in [7, 11) is -1.70. The molecule has 1 aromatic heterocycles. The lowest BCUT2D eigenvalue weighted by molar-refractivity contribution is 0.0662. The topological polar surface area (TPSA) is 93.9 Å². The second-order valence-corrected chi connectivity index (χ2v) is 9.85. The van der Waals surface area contributed by atoms with Gasteiger partial charge < -0.3 is 14.1 Å². The van der Waals surface area contributed by atoms with Crippen molar-refractivity contribution in [2.75, 3.05) is 18.6 Å². The van der Waals surface area contributed by atoms with Gasteiger partial charge in [0.15, 0.2) is 15.3 Å². The first-order valence-electron chi connectivity index (χ1n) is 9.62. The van der Waals surface area contributed by atoms with Crippen molar-refractivity contribution in [3.8, 4) is 5.75 Å². The summed E-state index contributed by atoms with van der Waals surface area (Å²) < 4.78 is 35.5. The van der Waals surface area contributed by atoms with Crippen molar-refractivity contribution in [2.24, 2.45) is 0 Å². The molecular formula is C22H19NO6S. The van der Waals surface area contributed by atoms with Crippen LogP contribution in [0.3, 0.4) is 0 Å². The molecule has 8 heteroatoms. The fourth-order valence-corrected chi connectivity index (χ4v) is 6.16. The SMILES string of the molecule is COc1cccc([C@H]2c3c(oc4ccccc4c3=O)C(=O)N2[C@H]2CCS(=O)(=O)C2)c1. The number of hydrogen-bond acceptors (Lipinski definition) is 6. The highest BCUT2D eigenvalue weighted by Gasteiger charge is 2.48. The monoisotopic (exact) mass is 425 g/mol. The molecule has 0 saturated carbocycles. The van der Waals surface area contributed by atoms with Gasteiger partial charge in [-0.1, -0.05) is 24.3 Å². The average molecular weight is 425 g/mol. The van der Waals surface area contributed by atoms with E-state index in [2.05, 4.69) is 0 Å². The Bertz CT molecular complexity index is 1340. The van der Waals surface area contributed by atoms with Crippen LogP contribution in [0.4, 0.5) is 0 Å². The molecule has 2 atom stereocenters. The van der Waals surface area contributed by atoms with E-state index in [0.717, 1.165) is 0 Å². The third-order valence-electron chi connectivity index (χ3n) is 5.82. The van der Waals surface area contributed by atoms with Crippen LogP contribution in [-0.2, 0) is 9.84 Å². The number of benzene rings is 2. The molecule has 2 aliphatic heterocycles. The molecular weight excluding hydrogens is 406 g/mol. The zero-order valence-electron chi connectivity index (χ0n) is 16.2. The van der Waals surface area contributed by atoms with Crippen LogP contribution in [0.5, 0.6) is 5.75 Å². The number of fused-ring (bicyclic) bond motifs is 2. The van der Waals surface area contributed by atoms with Crippen LogP contribution in [0.1, 0.15) is 34.1 Å². The number of sulfone groups is 1. The van der Waals surface area contributed by atoms with E-state index >= 15 is 0 Å². The molecule has 2 aromatic carbocycles. The standard InChI is InChI=1S/C22H19NO6S/c1-28-15-6-4-5-13(11-15)19-18-20(24)16-7-2-3-8-17(16)29-21(18)22(25)23(19)14-9-10-30(26,27)12-14/h2-8,11,14,19H,9-10,12H2,1H3/t14-,19-/m0/s1. The number of ether oxygens (including phenoxy) is 1. The Hall–Kier alpha value is -3.13. The minimum atomic E-state index is -3.24. The van der Waals surface area contributed by atoms with Crippen LogP contribution in [0.25, 0.3) is 11.0 Å². The van der Waals surface area contributed by atoms with Crippen LogP contribution in [0.2, 0.25) is 0 Å². The second-order valence-electron chi connectivity index (χ2n) is 7.62. The van der Waals surface area contributed by atoms with E-state index in [1.165, 1.54) is 12.0 Å². The summed E-state index contributed by atoms with van der Waals surface area (Å²) in [5.74, 6) is 0.00327. The highest BCUT2D eigenvalue weighted by atomic mass is 32.2. The molecule has 30 heavy (non-hydrogen) atoms. The number of carbonyl (C=O) groups is 1. The Balaban J connectivity index is 1.76. The lowest BCUT2D eigenvalue weighted by Gasteiger charge is -2.30. The van der Waals surface area contributed by atoms with Crippen molar-refractivity contribution in [1.82, 2.24) is 4.90 Å². The van der Waals surface area contributed by atoms with Gasteiger partial charge in [-0.25, -0.2) is 8.42 Å².